The molecule has 0 radical (unpaired) electrons. The average Bonchev–Trinajstić information content (AvgIpc) is 2.20. The average molecular weight is 248 g/mol. The summed E-state index contributed by atoms with van der Waals surface area (Å²) >= 11 is 1.60. The number of rotatable bonds is 7. The summed E-state index contributed by atoms with van der Waals surface area (Å²) in [5, 5.41) is 11.3. The molecule has 0 rings (SSSR count). The Morgan fingerprint density at radius 1 is 1.44 bits per heavy atom. The van der Waals surface area contributed by atoms with Crippen molar-refractivity contribution in [2.24, 2.45) is 11.7 Å². The largest absolute Gasteiger partial charge is 0.480 e. The molecule has 0 fully saturated rings. The minimum atomic E-state index is -1.03. The van der Waals surface area contributed by atoms with Crippen molar-refractivity contribution in [1.29, 1.82) is 0 Å². The molecule has 0 aliphatic carbocycles. The second-order valence-corrected chi connectivity index (χ2v) is 4.94. The second kappa shape index (κ2) is 7.51. The summed E-state index contributed by atoms with van der Waals surface area (Å²) in [5.74, 6) is -0.793. The lowest BCUT2D eigenvalue weighted by atomic mass is 10.0. The molecule has 6 heteroatoms. The summed E-state index contributed by atoms with van der Waals surface area (Å²) in [6.45, 7) is 3.49. The third-order valence-electron chi connectivity index (χ3n) is 2.20. The fraction of sp³-hybridized carbons (Fsp3) is 0.800. The molecule has 0 bridgehead atoms. The number of thioether (sulfide) groups is 1. The van der Waals surface area contributed by atoms with E-state index >= 15 is 0 Å². The molecule has 0 saturated heterocycles. The predicted molar refractivity (Wildman–Crippen MR) is 65.4 cm³/mol. The van der Waals surface area contributed by atoms with E-state index in [1.807, 2.05) is 6.26 Å². The zero-order chi connectivity index (χ0) is 12.7. The van der Waals surface area contributed by atoms with Gasteiger partial charge in [0.1, 0.15) is 6.04 Å². The summed E-state index contributed by atoms with van der Waals surface area (Å²) in [6.07, 6.45) is 2.48. The van der Waals surface area contributed by atoms with Crippen LogP contribution in [0, 0.1) is 5.92 Å². The van der Waals surface area contributed by atoms with E-state index in [1.165, 1.54) is 0 Å². The third kappa shape index (κ3) is 5.37. The van der Waals surface area contributed by atoms with Gasteiger partial charge in [0.05, 0.1) is 6.04 Å². The number of hydrogen-bond acceptors (Lipinski definition) is 4. The van der Waals surface area contributed by atoms with E-state index in [0.717, 1.165) is 5.75 Å². The maximum absolute atomic E-state index is 11.6. The van der Waals surface area contributed by atoms with Gasteiger partial charge in [0.2, 0.25) is 5.91 Å². The molecular formula is C10H20N2O3S. The predicted octanol–water partition coefficient (Wildman–Crippen LogP) is 0.292. The van der Waals surface area contributed by atoms with Crippen LogP contribution in [-0.2, 0) is 9.59 Å². The quantitative estimate of drug-likeness (QED) is 0.602. The topological polar surface area (TPSA) is 92.4 Å². The molecule has 1 amide bonds. The Morgan fingerprint density at radius 2 is 2.00 bits per heavy atom. The summed E-state index contributed by atoms with van der Waals surface area (Å²) in [6, 6.07) is -1.50. The van der Waals surface area contributed by atoms with E-state index in [1.54, 1.807) is 25.6 Å². The molecular weight excluding hydrogens is 228 g/mol. The molecule has 0 unspecified atom stereocenters. The SMILES string of the molecule is CSCC[C@H](N)C(=O)N[C@@H](C(=O)O)C(C)C. The van der Waals surface area contributed by atoms with E-state index in [9.17, 15) is 9.59 Å². The van der Waals surface area contributed by atoms with Crippen LogP contribution in [-0.4, -0.2) is 41.1 Å². The van der Waals surface area contributed by atoms with Gasteiger partial charge in [0.25, 0.3) is 0 Å². The second-order valence-electron chi connectivity index (χ2n) is 3.96. The zero-order valence-corrected chi connectivity index (χ0v) is 10.7. The van der Waals surface area contributed by atoms with Crippen LogP contribution < -0.4 is 11.1 Å². The number of carbonyl (C=O) groups is 2. The van der Waals surface area contributed by atoms with Crippen LogP contribution in [0.15, 0.2) is 0 Å². The number of hydrogen-bond donors (Lipinski definition) is 3. The van der Waals surface area contributed by atoms with Crippen LogP contribution in [0.3, 0.4) is 0 Å². The fourth-order valence-electron chi connectivity index (χ4n) is 1.15. The zero-order valence-electron chi connectivity index (χ0n) is 9.90. The number of nitrogens with one attached hydrogen (secondary N) is 1. The van der Waals surface area contributed by atoms with Gasteiger partial charge in [-0.1, -0.05) is 13.8 Å². The Balaban J connectivity index is 4.24. The van der Waals surface area contributed by atoms with Gasteiger partial charge in [-0.3, -0.25) is 4.79 Å². The Morgan fingerprint density at radius 3 is 2.38 bits per heavy atom. The van der Waals surface area contributed by atoms with Gasteiger partial charge in [-0.15, -0.1) is 0 Å². The normalized spacial score (nSPS) is 14.6. The highest BCUT2D eigenvalue weighted by molar-refractivity contribution is 7.98. The van der Waals surface area contributed by atoms with E-state index in [-0.39, 0.29) is 5.92 Å². The molecule has 94 valence electrons. The van der Waals surface area contributed by atoms with Crippen molar-refractivity contribution in [3.8, 4) is 0 Å². The minimum absolute atomic E-state index is 0.158. The van der Waals surface area contributed by atoms with Crippen LogP contribution in [0.5, 0.6) is 0 Å². The highest BCUT2D eigenvalue weighted by Gasteiger charge is 2.25. The lowest BCUT2D eigenvalue weighted by molar-refractivity contribution is -0.143. The lowest BCUT2D eigenvalue weighted by Crippen LogP contribution is -2.50. The summed E-state index contributed by atoms with van der Waals surface area (Å²) in [5.41, 5.74) is 5.63. The van der Waals surface area contributed by atoms with E-state index in [4.69, 9.17) is 10.8 Å². The van der Waals surface area contributed by atoms with Gasteiger partial charge < -0.3 is 16.2 Å². The van der Waals surface area contributed by atoms with Crippen molar-refractivity contribution in [3.05, 3.63) is 0 Å². The lowest BCUT2D eigenvalue weighted by Gasteiger charge is -2.20. The maximum atomic E-state index is 11.6. The maximum Gasteiger partial charge on any atom is 0.326 e. The molecule has 0 aromatic rings. The van der Waals surface area contributed by atoms with Gasteiger partial charge >= 0.3 is 5.97 Å². The van der Waals surface area contributed by atoms with Crippen molar-refractivity contribution in [2.45, 2.75) is 32.4 Å². The first-order chi connectivity index (χ1) is 7.40. The molecule has 0 aliphatic heterocycles. The van der Waals surface area contributed by atoms with Crippen molar-refractivity contribution in [1.82, 2.24) is 5.32 Å². The van der Waals surface area contributed by atoms with Gasteiger partial charge in [-0.2, -0.15) is 11.8 Å². The van der Waals surface area contributed by atoms with Crippen molar-refractivity contribution in [3.63, 3.8) is 0 Å². The Bertz CT molecular complexity index is 246. The molecule has 16 heavy (non-hydrogen) atoms. The molecule has 0 heterocycles. The monoisotopic (exact) mass is 248 g/mol. The molecule has 0 saturated carbocycles. The van der Waals surface area contributed by atoms with Crippen LogP contribution in [0.4, 0.5) is 0 Å². The van der Waals surface area contributed by atoms with Crippen LogP contribution >= 0.6 is 11.8 Å². The molecule has 4 N–H and O–H groups in total. The van der Waals surface area contributed by atoms with Gasteiger partial charge in [0, 0.05) is 0 Å². The first-order valence-corrected chi connectivity index (χ1v) is 6.57. The minimum Gasteiger partial charge on any atom is -0.480 e. The Labute approximate surface area is 100 Å². The number of carboxylic acids is 1. The summed E-state index contributed by atoms with van der Waals surface area (Å²) in [7, 11) is 0. The number of aliphatic carboxylic acids is 1. The number of carboxylic acid groups (broad SMARTS) is 1. The van der Waals surface area contributed by atoms with Gasteiger partial charge in [-0.05, 0) is 24.3 Å². The van der Waals surface area contributed by atoms with Gasteiger partial charge in [-0.25, -0.2) is 4.79 Å². The number of amides is 1. The highest BCUT2D eigenvalue weighted by atomic mass is 32.2. The van der Waals surface area contributed by atoms with Crippen molar-refractivity contribution in [2.75, 3.05) is 12.0 Å². The Kier molecular flexibility index (Phi) is 7.16. The number of nitrogens with two attached hydrogens (primary N) is 1. The van der Waals surface area contributed by atoms with E-state index < -0.39 is 24.0 Å². The highest BCUT2D eigenvalue weighted by Crippen LogP contribution is 2.04. The third-order valence-corrected chi connectivity index (χ3v) is 2.84. The first-order valence-electron chi connectivity index (χ1n) is 5.17. The van der Waals surface area contributed by atoms with E-state index in [0.29, 0.717) is 6.42 Å². The fourth-order valence-corrected chi connectivity index (χ4v) is 1.64. The van der Waals surface area contributed by atoms with Crippen molar-refractivity contribution >= 4 is 23.6 Å². The summed E-state index contributed by atoms with van der Waals surface area (Å²) in [4.78, 5) is 22.4. The van der Waals surface area contributed by atoms with Crippen LogP contribution in [0.2, 0.25) is 0 Å². The molecule has 0 aromatic carbocycles. The molecule has 2 atom stereocenters. The van der Waals surface area contributed by atoms with Crippen molar-refractivity contribution < 1.29 is 14.7 Å². The van der Waals surface area contributed by atoms with Crippen LogP contribution in [0.25, 0.3) is 0 Å². The number of carbonyl (C=O) groups excluding carboxylic acids is 1. The molecule has 5 nitrogen and oxygen atoms in total. The molecule has 0 aromatic heterocycles. The Hall–Kier alpha value is -0.750. The van der Waals surface area contributed by atoms with Gasteiger partial charge in [0.15, 0.2) is 0 Å². The molecule has 0 aliphatic rings. The summed E-state index contributed by atoms with van der Waals surface area (Å²) < 4.78 is 0. The van der Waals surface area contributed by atoms with E-state index in [2.05, 4.69) is 5.32 Å². The standard InChI is InChI=1S/C10H20N2O3S/c1-6(2)8(10(14)15)12-9(13)7(11)4-5-16-3/h6-8H,4-5,11H2,1-3H3,(H,12,13)(H,14,15)/t7-,8+/m0/s1. The molecule has 0 spiro atoms. The smallest absolute Gasteiger partial charge is 0.326 e. The van der Waals surface area contributed by atoms with Crippen LogP contribution in [0.1, 0.15) is 20.3 Å². The first kappa shape index (κ1) is 15.2.